The smallest absolute Gasteiger partial charge is 0.253 e. The summed E-state index contributed by atoms with van der Waals surface area (Å²) in [5, 5.41) is 10.6. The van der Waals surface area contributed by atoms with Gasteiger partial charge in [0.15, 0.2) is 0 Å². The molecule has 8 heteroatoms. The second kappa shape index (κ2) is 11.8. The number of aryl methyl sites for hydroxylation is 1. The number of rotatable bonds is 11. The Morgan fingerprint density at radius 3 is 2.61 bits per heavy atom. The summed E-state index contributed by atoms with van der Waals surface area (Å²) >= 11 is 0. The summed E-state index contributed by atoms with van der Waals surface area (Å²) in [6, 6.07) is 16.6. The van der Waals surface area contributed by atoms with Crippen molar-refractivity contribution in [1.82, 2.24) is 25.3 Å². The maximum absolute atomic E-state index is 12.8. The van der Waals surface area contributed by atoms with Crippen LogP contribution in [0.1, 0.15) is 38.4 Å². The van der Waals surface area contributed by atoms with Gasteiger partial charge in [-0.05, 0) is 54.9 Å². The Hall–Kier alpha value is -3.65. The maximum atomic E-state index is 12.8. The fraction of sp³-hybridized carbons (Fsp3) is 0.320. The number of hydrogen-bond donors (Lipinski definition) is 2. The first-order chi connectivity index (χ1) is 16.0. The van der Waals surface area contributed by atoms with Crippen LogP contribution in [-0.2, 0) is 20.1 Å². The second-order valence-corrected chi connectivity index (χ2v) is 7.86. The van der Waals surface area contributed by atoms with Crippen molar-refractivity contribution in [2.45, 2.75) is 19.5 Å². The summed E-state index contributed by atoms with van der Waals surface area (Å²) in [6.45, 7) is 2.45. The molecular formula is C25H31N5O3. The van der Waals surface area contributed by atoms with E-state index in [0.29, 0.717) is 24.2 Å². The molecule has 3 rings (SSSR count). The lowest BCUT2D eigenvalue weighted by Crippen LogP contribution is -2.29. The van der Waals surface area contributed by atoms with Gasteiger partial charge >= 0.3 is 0 Å². The number of methoxy groups -OCH3 is 1. The molecule has 0 saturated carbocycles. The van der Waals surface area contributed by atoms with Gasteiger partial charge in [-0.25, -0.2) is 0 Å². The van der Waals surface area contributed by atoms with E-state index in [2.05, 4.69) is 15.7 Å². The molecule has 33 heavy (non-hydrogen) atoms. The van der Waals surface area contributed by atoms with E-state index in [4.69, 9.17) is 4.74 Å². The van der Waals surface area contributed by atoms with E-state index in [1.807, 2.05) is 43.6 Å². The zero-order valence-corrected chi connectivity index (χ0v) is 19.4. The van der Waals surface area contributed by atoms with Crippen molar-refractivity contribution in [3.05, 3.63) is 83.2 Å². The summed E-state index contributed by atoms with van der Waals surface area (Å²) < 4.78 is 6.93. The van der Waals surface area contributed by atoms with Crippen LogP contribution in [-0.4, -0.2) is 53.7 Å². The van der Waals surface area contributed by atoms with E-state index < -0.39 is 0 Å². The molecule has 0 radical (unpaired) electrons. The van der Waals surface area contributed by atoms with E-state index in [0.717, 1.165) is 36.5 Å². The molecule has 0 spiro atoms. The highest BCUT2D eigenvalue weighted by Gasteiger charge is 2.15. The molecule has 0 atom stereocenters. The number of carbonyl (C=O) groups excluding carboxylic acids is 2. The first kappa shape index (κ1) is 24.0. The van der Waals surface area contributed by atoms with Gasteiger partial charge in [0.2, 0.25) is 0 Å². The molecular weight excluding hydrogens is 418 g/mol. The summed E-state index contributed by atoms with van der Waals surface area (Å²) in [5.74, 6) is 0.493. The SMILES string of the molecule is COc1cccc(CNCCCNC(=O)c2cccc(C(=O)N(C)Cc3ccn(C)n3)c2)c1. The number of carbonyl (C=O) groups is 2. The third-order valence-electron chi connectivity index (χ3n) is 5.17. The lowest BCUT2D eigenvalue weighted by atomic mass is 10.1. The van der Waals surface area contributed by atoms with E-state index >= 15 is 0 Å². The Kier molecular flexibility index (Phi) is 8.60. The van der Waals surface area contributed by atoms with Crippen LogP contribution in [0.3, 0.4) is 0 Å². The van der Waals surface area contributed by atoms with Crippen molar-refractivity contribution in [2.24, 2.45) is 7.05 Å². The van der Waals surface area contributed by atoms with Gasteiger partial charge in [0, 0.05) is 44.5 Å². The standard InChI is InChI=1S/C25H31N5O3/c1-29(18-22-11-14-30(2)28-22)25(32)21-9-5-8-20(16-21)24(31)27-13-6-12-26-17-19-7-4-10-23(15-19)33-3/h4-5,7-11,14-16,26H,6,12-13,17-18H2,1-3H3,(H,27,31). The topological polar surface area (TPSA) is 88.5 Å². The summed E-state index contributed by atoms with van der Waals surface area (Å²) in [7, 11) is 5.22. The van der Waals surface area contributed by atoms with Crippen molar-refractivity contribution in [3.63, 3.8) is 0 Å². The second-order valence-electron chi connectivity index (χ2n) is 7.86. The van der Waals surface area contributed by atoms with Crippen LogP contribution < -0.4 is 15.4 Å². The third kappa shape index (κ3) is 7.18. The Labute approximate surface area is 194 Å². The van der Waals surface area contributed by atoms with Gasteiger partial charge in [-0.3, -0.25) is 14.3 Å². The molecule has 8 nitrogen and oxygen atoms in total. The molecule has 0 aliphatic heterocycles. The van der Waals surface area contributed by atoms with E-state index in [1.54, 1.807) is 48.0 Å². The highest BCUT2D eigenvalue weighted by Crippen LogP contribution is 2.12. The quantitative estimate of drug-likeness (QED) is 0.440. The van der Waals surface area contributed by atoms with Gasteiger partial charge in [0.25, 0.3) is 11.8 Å². The zero-order valence-electron chi connectivity index (χ0n) is 19.4. The molecule has 0 saturated heterocycles. The van der Waals surface area contributed by atoms with Crippen LogP contribution in [0, 0.1) is 0 Å². The lowest BCUT2D eigenvalue weighted by Gasteiger charge is -2.16. The number of nitrogens with zero attached hydrogens (tertiary/aromatic N) is 3. The summed E-state index contributed by atoms with van der Waals surface area (Å²) in [6.07, 6.45) is 2.63. The molecule has 2 aromatic carbocycles. The summed E-state index contributed by atoms with van der Waals surface area (Å²) in [4.78, 5) is 26.9. The molecule has 1 heterocycles. The van der Waals surface area contributed by atoms with Crippen molar-refractivity contribution in [1.29, 1.82) is 0 Å². The average Bonchev–Trinajstić information content (AvgIpc) is 3.25. The molecule has 2 amide bonds. The Morgan fingerprint density at radius 1 is 1.06 bits per heavy atom. The highest BCUT2D eigenvalue weighted by atomic mass is 16.5. The average molecular weight is 450 g/mol. The van der Waals surface area contributed by atoms with Gasteiger partial charge < -0.3 is 20.3 Å². The molecule has 0 fully saturated rings. The van der Waals surface area contributed by atoms with Gasteiger partial charge in [-0.1, -0.05) is 18.2 Å². The van der Waals surface area contributed by atoms with Crippen molar-refractivity contribution in [2.75, 3.05) is 27.2 Å². The van der Waals surface area contributed by atoms with Crippen LogP contribution in [0.4, 0.5) is 0 Å². The van der Waals surface area contributed by atoms with Crippen LogP contribution >= 0.6 is 0 Å². The molecule has 2 N–H and O–H groups in total. The van der Waals surface area contributed by atoms with Crippen LogP contribution in [0.5, 0.6) is 5.75 Å². The lowest BCUT2D eigenvalue weighted by molar-refractivity contribution is 0.0783. The van der Waals surface area contributed by atoms with E-state index in [1.165, 1.54) is 0 Å². The van der Waals surface area contributed by atoms with Crippen LogP contribution in [0.2, 0.25) is 0 Å². The van der Waals surface area contributed by atoms with Crippen molar-refractivity contribution in [3.8, 4) is 5.75 Å². The van der Waals surface area contributed by atoms with Gasteiger partial charge in [0.1, 0.15) is 5.75 Å². The van der Waals surface area contributed by atoms with Crippen LogP contribution in [0.15, 0.2) is 60.8 Å². The molecule has 0 bridgehead atoms. The molecule has 1 aromatic heterocycles. The van der Waals surface area contributed by atoms with Gasteiger partial charge in [-0.15, -0.1) is 0 Å². The fourth-order valence-corrected chi connectivity index (χ4v) is 3.41. The Morgan fingerprint density at radius 2 is 1.85 bits per heavy atom. The van der Waals surface area contributed by atoms with Crippen molar-refractivity contribution >= 4 is 11.8 Å². The molecule has 0 unspecified atom stereocenters. The number of benzene rings is 2. The zero-order chi connectivity index (χ0) is 23.6. The number of aromatic nitrogens is 2. The number of amides is 2. The van der Waals surface area contributed by atoms with Gasteiger partial charge in [0.05, 0.1) is 19.3 Å². The minimum absolute atomic E-state index is 0.156. The minimum Gasteiger partial charge on any atom is -0.497 e. The predicted molar refractivity (Wildman–Crippen MR) is 127 cm³/mol. The van der Waals surface area contributed by atoms with Gasteiger partial charge in [-0.2, -0.15) is 5.10 Å². The molecule has 3 aromatic rings. The highest BCUT2D eigenvalue weighted by molar-refractivity contribution is 5.99. The maximum Gasteiger partial charge on any atom is 0.253 e. The van der Waals surface area contributed by atoms with E-state index in [9.17, 15) is 9.59 Å². The third-order valence-corrected chi connectivity index (χ3v) is 5.17. The monoisotopic (exact) mass is 449 g/mol. The molecule has 174 valence electrons. The number of nitrogens with one attached hydrogen (secondary N) is 2. The first-order valence-electron chi connectivity index (χ1n) is 10.9. The molecule has 0 aliphatic rings. The van der Waals surface area contributed by atoms with E-state index in [-0.39, 0.29) is 11.8 Å². The minimum atomic E-state index is -0.190. The number of ether oxygens (including phenoxy) is 1. The van der Waals surface area contributed by atoms with Crippen molar-refractivity contribution < 1.29 is 14.3 Å². The fourth-order valence-electron chi connectivity index (χ4n) is 3.41. The first-order valence-corrected chi connectivity index (χ1v) is 10.9. The Balaban J connectivity index is 1.42. The predicted octanol–water partition coefficient (Wildman–Crippen LogP) is 2.61. The number of hydrogen-bond acceptors (Lipinski definition) is 5. The molecule has 0 aliphatic carbocycles. The summed E-state index contributed by atoms with van der Waals surface area (Å²) in [5.41, 5.74) is 2.90. The Bertz CT molecular complexity index is 1080. The largest absolute Gasteiger partial charge is 0.497 e. The normalized spacial score (nSPS) is 10.6. The van der Waals surface area contributed by atoms with Crippen LogP contribution in [0.25, 0.3) is 0 Å².